The maximum absolute atomic E-state index is 10.2. The van der Waals surface area contributed by atoms with Crippen molar-refractivity contribution in [3.63, 3.8) is 0 Å². The molecule has 1 unspecified atom stereocenters. The van der Waals surface area contributed by atoms with Crippen molar-refractivity contribution in [1.29, 1.82) is 0 Å². The Kier molecular flexibility index (Phi) is 1.62. The van der Waals surface area contributed by atoms with E-state index in [4.69, 9.17) is 0 Å². The molecule has 0 saturated carbocycles. The monoisotopic (exact) mass is 138 g/mol. The van der Waals surface area contributed by atoms with Gasteiger partial charge < -0.3 is 0 Å². The van der Waals surface area contributed by atoms with Gasteiger partial charge in [0.2, 0.25) is 0 Å². The molecule has 0 aliphatic carbocycles. The summed E-state index contributed by atoms with van der Waals surface area (Å²) in [5.41, 5.74) is 0. The van der Waals surface area contributed by atoms with E-state index in [2.05, 4.69) is 0 Å². The van der Waals surface area contributed by atoms with Gasteiger partial charge in [-0.2, -0.15) is 0 Å². The van der Waals surface area contributed by atoms with Crippen LogP contribution in [0.1, 0.15) is 0 Å². The molecule has 6 heavy (non-hydrogen) atoms. The molecule has 0 amide bonds. The first-order valence-corrected chi connectivity index (χ1v) is 5.25. The maximum atomic E-state index is 10.2. The molecule has 0 aromatic heterocycles. The predicted octanol–water partition coefficient (Wildman–Crippen LogP) is 1.52. The van der Waals surface area contributed by atoms with Crippen LogP contribution in [0.25, 0.3) is 0 Å². The van der Waals surface area contributed by atoms with Crippen molar-refractivity contribution in [2.45, 2.75) is 0 Å². The summed E-state index contributed by atoms with van der Waals surface area (Å²) in [5, 5.41) is 3.51. The Morgan fingerprint density at radius 2 is 2.50 bits per heavy atom. The largest absolute Gasteiger partial charge is 0.242 e. The van der Waals surface area contributed by atoms with E-state index in [0.29, 0.717) is 0 Å². The normalized spacial score (nSPS) is 31.7. The lowest BCUT2D eigenvalue weighted by atomic mass is 11.3. The van der Waals surface area contributed by atoms with Crippen LogP contribution in [0.4, 0.5) is 0 Å². The molecule has 0 aromatic rings. The summed E-state index contributed by atoms with van der Waals surface area (Å²) in [6.45, 7) is 0. The van der Waals surface area contributed by atoms with E-state index in [1.54, 1.807) is 5.41 Å². The van der Waals surface area contributed by atoms with Crippen molar-refractivity contribution < 1.29 is 4.21 Å². The van der Waals surface area contributed by atoms with Crippen molar-refractivity contribution in [3.05, 3.63) is 10.8 Å². The molecule has 0 radical (unpaired) electrons. The third-order valence-electron chi connectivity index (χ3n) is 0.329. The Morgan fingerprint density at radius 1 is 1.67 bits per heavy atom. The average Bonchev–Trinajstić information content (AvgIpc) is 1.86. The first-order chi connectivity index (χ1) is 2.89. The molecule has 1 aliphatic heterocycles. The van der Waals surface area contributed by atoms with Gasteiger partial charge in [0.25, 0.3) is 0 Å². The fraction of sp³-hybridized carbons (Fsp3) is 0. The van der Waals surface area contributed by atoms with Crippen LogP contribution in [0.3, 0.4) is 0 Å². The summed E-state index contributed by atoms with van der Waals surface area (Å²) in [6.07, 6.45) is 0. The fourth-order valence-electron chi connectivity index (χ4n) is 0.152. The van der Waals surface area contributed by atoms with Gasteiger partial charge in [-0.1, -0.05) is 10.8 Å². The molecule has 0 bridgehead atoms. The number of rotatable bonds is 0. The summed E-state index contributed by atoms with van der Waals surface area (Å²) in [4.78, 5) is 0. The third kappa shape index (κ3) is 1.03. The van der Waals surface area contributed by atoms with Crippen molar-refractivity contribution in [3.8, 4) is 0 Å². The molecule has 34 valence electrons. The van der Waals surface area contributed by atoms with Crippen molar-refractivity contribution in [2.24, 2.45) is 0 Å². The Bertz CT molecular complexity index is 97.0. The van der Waals surface area contributed by atoms with Gasteiger partial charge >= 0.3 is 0 Å². The molecule has 1 heterocycles. The summed E-state index contributed by atoms with van der Waals surface area (Å²) < 4.78 is 10.2. The van der Waals surface area contributed by atoms with E-state index in [1.165, 1.54) is 20.6 Å². The topological polar surface area (TPSA) is 17.1 Å². The zero-order chi connectivity index (χ0) is 4.41. The molecule has 4 heteroatoms. The Morgan fingerprint density at radius 3 is 2.67 bits per heavy atom. The zero-order valence-electron chi connectivity index (χ0n) is 2.79. The van der Waals surface area contributed by atoms with E-state index in [9.17, 15) is 4.21 Å². The minimum atomic E-state index is -0.724. The van der Waals surface area contributed by atoms with Crippen LogP contribution in [0.5, 0.6) is 0 Å². The lowest BCUT2D eigenvalue weighted by molar-refractivity contribution is 0.696. The molecule has 0 aromatic carbocycles. The molecule has 0 saturated heterocycles. The highest BCUT2D eigenvalue weighted by Gasteiger charge is 1.98. The van der Waals surface area contributed by atoms with Crippen molar-refractivity contribution >= 4 is 30.5 Å². The molecule has 1 atom stereocenters. The summed E-state index contributed by atoms with van der Waals surface area (Å²) >= 11 is 0. The molecular formula is C2H2OS3. The van der Waals surface area contributed by atoms with Gasteiger partial charge in [-0.05, 0) is 5.41 Å². The van der Waals surface area contributed by atoms with Crippen LogP contribution in [-0.2, 0) is 9.83 Å². The molecule has 0 N–H and O–H groups in total. The lowest BCUT2D eigenvalue weighted by Crippen LogP contribution is -1.57. The summed E-state index contributed by atoms with van der Waals surface area (Å²) in [6, 6.07) is 0. The van der Waals surface area contributed by atoms with Crippen LogP contribution in [0, 0.1) is 0 Å². The van der Waals surface area contributed by atoms with E-state index in [-0.39, 0.29) is 0 Å². The highest BCUT2D eigenvalue weighted by Crippen LogP contribution is 2.33. The SMILES string of the molecule is O=S1C=CSS1. The van der Waals surface area contributed by atoms with Crippen LogP contribution in [0.15, 0.2) is 10.8 Å². The van der Waals surface area contributed by atoms with Gasteiger partial charge in [0.05, 0.1) is 0 Å². The second-order valence-electron chi connectivity index (χ2n) is 0.697. The summed E-state index contributed by atoms with van der Waals surface area (Å²) in [5.74, 6) is 0. The molecule has 0 spiro atoms. The molecule has 0 fully saturated rings. The van der Waals surface area contributed by atoms with E-state index in [1.807, 2.05) is 5.41 Å². The quantitative estimate of drug-likeness (QED) is 0.472. The summed E-state index contributed by atoms with van der Waals surface area (Å²) in [7, 11) is 2.17. The van der Waals surface area contributed by atoms with Gasteiger partial charge in [-0.25, -0.2) is 4.21 Å². The first-order valence-electron chi connectivity index (χ1n) is 1.30. The predicted molar refractivity (Wildman–Crippen MR) is 32.5 cm³/mol. The smallest absolute Gasteiger partial charge is 0.117 e. The maximum Gasteiger partial charge on any atom is 0.117 e. The second kappa shape index (κ2) is 2.04. The number of hydrogen-bond donors (Lipinski definition) is 0. The second-order valence-corrected chi connectivity index (χ2v) is 5.29. The van der Waals surface area contributed by atoms with E-state index in [0.717, 1.165) is 0 Å². The highest BCUT2D eigenvalue weighted by molar-refractivity contribution is 9.07. The van der Waals surface area contributed by atoms with Crippen LogP contribution < -0.4 is 0 Å². The van der Waals surface area contributed by atoms with E-state index < -0.39 is 9.83 Å². The molecular weight excluding hydrogens is 136 g/mol. The highest BCUT2D eigenvalue weighted by atomic mass is 33.5. The van der Waals surface area contributed by atoms with Crippen LogP contribution in [-0.4, -0.2) is 4.21 Å². The minimum Gasteiger partial charge on any atom is -0.242 e. The zero-order valence-corrected chi connectivity index (χ0v) is 5.24. The lowest BCUT2D eigenvalue weighted by Gasteiger charge is -1.71. The van der Waals surface area contributed by atoms with Gasteiger partial charge in [0, 0.05) is 15.2 Å². The third-order valence-corrected chi connectivity index (χ3v) is 4.54. The van der Waals surface area contributed by atoms with E-state index >= 15 is 0 Å². The van der Waals surface area contributed by atoms with Gasteiger partial charge in [0.15, 0.2) is 0 Å². The Hall–Kier alpha value is 0.590. The molecule has 1 aliphatic rings. The van der Waals surface area contributed by atoms with Crippen LogP contribution >= 0.6 is 20.6 Å². The van der Waals surface area contributed by atoms with Crippen molar-refractivity contribution in [1.82, 2.24) is 0 Å². The average molecular weight is 138 g/mol. The van der Waals surface area contributed by atoms with Gasteiger partial charge in [0.1, 0.15) is 9.83 Å². The number of hydrogen-bond acceptors (Lipinski definition) is 3. The van der Waals surface area contributed by atoms with Crippen LogP contribution in [0.2, 0.25) is 0 Å². The van der Waals surface area contributed by atoms with Gasteiger partial charge in [-0.15, -0.1) is 0 Å². The fourth-order valence-corrected chi connectivity index (χ4v) is 3.70. The minimum absolute atomic E-state index is 0.724. The molecule has 1 nitrogen and oxygen atoms in total. The first kappa shape index (κ1) is 4.74. The van der Waals surface area contributed by atoms with Gasteiger partial charge in [-0.3, -0.25) is 0 Å². The Labute approximate surface area is 45.8 Å². The Balaban J connectivity index is 2.59. The standard InChI is InChI=1S/C2H2OS3/c3-6-2-1-4-5-6/h1-2H. The molecule has 1 rings (SSSR count). The van der Waals surface area contributed by atoms with Crippen molar-refractivity contribution in [2.75, 3.05) is 0 Å².